The second kappa shape index (κ2) is 7.22. The summed E-state index contributed by atoms with van der Waals surface area (Å²) < 4.78 is 18.4. The molecule has 0 radical (unpaired) electrons. The van der Waals surface area contributed by atoms with Gasteiger partial charge in [0.15, 0.2) is 5.82 Å². The van der Waals surface area contributed by atoms with E-state index in [0.717, 1.165) is 22.6 Å². The Morgan fingerprint density at radius 3 is 2.71 bits per heavy atom. The summed E-state index contributed by atoms with van der Waals surface area (Å²) in [6, 6.07) is 18.2. The average molecular weight is 465 g/mol. The van der Waals surface area contributed by atoms with E-state index in [-0.39, 0.29) is 11.2 Å². The fourth-order valence-electron chi connectivity index (χ4n) is 4.40. The van der Waals surface area contributed by atoms with E-state index >= 15 is 4.39 Å². The Morgan fingerprint density at radius 1 is 0.914 bits per heavy atom. The number of halogens is 1. The molecule has 4 aromatic heterocycles. The van der Waals surface area contributed by atoms with Crippen LogP contribution in [0.2, 0.25) is 0 Å². The van der Waals surface area contributed by atoms with Gasteiger partial charge < -0.3 is 15.0 Å². The number of hydrogen-bond acceptors (Lipinski definition) is 5. The molecule has 0 fully saturated rings. The Bertz CT molecular complexity index is 1900. The summed E-state index contributed by atoms with van der Waals surface area (Å²) in [5, 5.41) is 12.6. The molecule has 0 aliphatic heterocycles. The molecule has 0 saturated heterocycles. The number of H-pyrrole nitrogens is 3. The third kappa shape index (κ3) is 3.13. The molecule has 0 atom stereocenters. The maximum absolute atomic E-state index is 15.1. The van der Waals surface area contributed by atoms with Crippen molar-refractivity contribution in [1.29, 1.82) is 0 Å². The van der Waals surface area contributed by atoms with Gasteiger partial charge in [-0.15, -0.1) is 5.10 Å². The zero-order chi connectivity index (χ0) is 23.5. The van der Waals surface area contributed by atoms with Gasteiger partial charge in [-0.25, -0.2) is 18.9 Å². The molecule has 0 aliphatic carbocycles. The molecule has 4 heterocycles. The normalized spacial score (nSPS) is 11.8. The standard InChI is InChI=1S/C24H16FN9O/c25-15-9-13(20-7-8-26-33(20)12-22-27-16-3-1-2-4-17(16)28-22)10-21-23(15)31-32-34(21)14-5-6-18-19(11-14)30-24(35)29-18/h1-11H,12H2,(H,27,28)(H2,29,30,35). The van der Waals surface area contributed by atoms with E-state index < -0.39 is 5.82 Å². The van der Waals surface area contributed by atoms with E-state index in [1.54, 1.807) is 33.8 Å². The Morgan fingerprint density at radius 2 is 1.80 bits per heavy atom. The van der Waals surface area contributed by atoms with Crippen molar-refractivity contribution in [3.05, 3.63) is 89.0 Å². The molecule has 0 bridgehead atoms. The minimum Gasteiger partial charge on any atom is -0.340 e. The highest BCUT2D eigenvalue weighted by molar-refractivity contribution is 5.84. The molecule has 7 aromatic rings. The number of aromatic nitrogens is 9. The Hall–Kier alpha value is -5.06. The zero-order valence-corrected chi connectivity index (χ0v) is 18.0. The molecule has 0 aliphatic rings. The van der Waals surface area contributed by atoms with Crippen LogP contribution in [0.1, 0.15) is 5.82 Å². The quantitative estimate of drug-likeness (QED) is 0.367. The summed E-state index contributed by atoms with van der Waals surface area (Å²) in [6.07, 6.45) is 1.67. The van der Waals surface area contributed by atoms with Crippen LogP contribution >= 0.6 is 0 Å². The van der Waals surface area contributed by atoms with Crippen molar-refractivity contribution in [1.82, 2.24) is 44.7 Å². The molecule has 170 valence electrons. The predicted molar refractivity (Wildman–Crippen MR) is 128 cm³/mol. The van der Waals surface area contributed by atoms with Crippen LogP contribution in [0.15, 0.2) is 71.7 Å². The van der Waals surface area contributed by atoms with Crippen molar-refractivity contribution < 1.29 is 4.39 Å². The van der Waals surface area contributed by atoms with Crippen LogP contribution in [0.5, 0.6) is 0 Å². The van der Waals surface area contributed by atoms with Gasteiger partial charge in [0, 0.05) is 11.8 Å². The molecule has 0 spiro atoms. The second-order valence-corrected chi connectivity index (χ2v) is 8.21. The Kier molecular flexibility index (Phi) is 4.00. The molecule has 35 heavy (non-hydrogen) atoms. The van der Waals surface area contributed by atoms with Gasteiger partial charge in [-0.3, -0.25) is 4.68 Å². The minimum atomic E-state index is -0.489. The van der Waals surface area contributed by atoms with Gasteiger partial charge in [0.1, 0.15) is 11.3 Å². The average Bonchev–Trinajstić information content (AvgIpc) is 3.63. The second-order valence-electron chi connectivity index (χ2n) is 8.21. The van der Waals surface area contributed by atoms with Gasteiger partial charge >= 0.3 is 5.69 Å². The highest BCUT2D eigenvalue weighted by atomic mass is 19.1. The van der Waals surface area contributed by atoms with E-state index in [9.17, 15) is 4.79 Å². The van der Waals surface area contributed by atoms with Crippen LogP contribution in [-0.4, -0.2) is 44.7 Å². The highest BCUT2D eigenvalue weighted by Crippen LogP contribution is 2.28. The lowest BCUT2D eigenvalue weighted by molar-refractivity contribution is 0.635. The van der Waals surface area contributed by atoms with Crippen LogP contribution in [-0.2, 0) is 6.54 Å². The fourth-order valence-corrected chi connectivity index (χ4v) is 4.40. The first-order valence-electron chi connectivity index (χ1n) is 10.9. The van der Waals surface area contributed by atoms with Gasteiger partial charge in [-0.1, -0.05) is 17.3 Å². The third-order valence-corrected chi connectivity index (χ3v) is 6.00. The summed E-state index contributed by atoms with van der Waals surface area (Å²) in [7, 11) is 0. The molecule has 0 unspecified atom stereocenters. The summed E-state index contributed by atoms with van der Waals surface area (Å²) in [4.78, 5) is 25.0. The van der Waals surface area contributed by atoms with Crippen molar-refractivity contribution in [3.8, 4) is 16.9 Å². The van der Waals surface area contributed by atoms with Crippen LogP contribution in [0.3, 0.4) is 0 Å². The van der Waals surface area contributed by atoms with Crippen LogP contribution in [0, 0.1) is 5.82 Å². The number of nitrogens with zero attached hydrogens (tertiary/aromatic N) is 6. The van der Waals surface area contributed by atoms with Crippen LogP contribution < -0.4 is 5.69 Å². The van der Waals surface area contributed by atoms with Gasteiger partial charge in [0.05, 0.1) is 45.5 Å². The number of imidazole rings is 2. The van der Waals surface area contributed by atoms with Gasteiger partial charge in [-0.05, 0) is 48.5 Å². The molecule has 10 nitrogen and oxygen atoms in total. The fraction of sp³-hybridized carbons (Fsp3) is 0.0417. The molecule has 3 aromatic carbocycles. The van der Waals surface area contributed by atoms with Gasteiger partial charge in [-0.2, -0.15) is 5.10 Å². The lowest BCUT2D eigenvalue weighted by Gasteiger charge is -2.08. The minimum absolute atomic E-state index is 0.153. The van der Waals surface area contributed by atoms with Gasteiger partial charge in [0.2, 0.25) is 0 Å². The third-order valence-electron chi connectivity index (χ3n) is 6.00. The Labute approximate surface area is 195 Å². The summed E-state index contributed by atoms with van der Waals surface area (Å²) in [5.74, 6) is 0.259. The monoisotopic (exact) mass is 465 g/mol. The molecule has 0 saturated carbocycles. The predicted octanol–water partition coefficient (Wildman–Crippen LogP) is 3.52. The van der Waals surface area contributed by atoms with Crippen molar-refractivity contribution in [2.45, 2.75) is 6.54 Å². The van der Waals surface area contributed by atoms with Crippen molar-refractivity contribution in [2.24, 2.45) is 0 Å². The van der Waals surface area contributed by atoms with Crippen LogP contribution in [0.25, 0.3) is 50.0 Å². The number of para-hydroxylation sites is 2. The first-order chi connectivity index (χ1) is 17.1. The number of benzene rings is 3. The molecule has 0 amide bonds. The van der Waals surface area contributed by atoms with E-state index in [1.165, 1.54) is 6.07 Å². The van der Waals surface area contributed by atoms with E-state index in [2.05, 4.69) is 35.3 Å². The molecule has 11 heteroatoms. The van der Waals surface area contributed by atoms with E-state index in [4.69, 9.17) is 0 Å². The van der Waals surface area contributed by atoms with Crippen molar-refractivity contribution in [2.75, 3.05) is 0 Å². The lowest BCUT2D eigenvalue weighted by atomic mass is 10.1. The maximum Gasteiger partial charge on any atom is 0.323 e. The smallest absolute Gasteiger partial charge is 0.323 e. The van der Waals surface area contributed by atoms with Crippen molar-refractivity contribution >= 4 is 33.1 Å². The summed E-state index contributed by atoms with van der Waals surface area (Å²) >= 11 is 0. The topological polar surface area (TPSA) is 126 Å². The van der Waals surface area contributed by atoms with E-state index in [0.29, 0.717) is 34.3 Å². The molecule has 3 N–H and O–H groups in total. The van der Waals surface area contributed by atoms with Gasteiger partial charge in [0.25, 0.3) is 0 Å². The molecular weight excluding hydrogens is 449 g/mol. The summed E-state index contributed by atoms with van der Waals surface area (Å²) in [6.45, 7) is 0.395. The zero-order valence-electron chi connectivity index (χ0n) is 18.0. The number of hydrogen-bond donors (Lipinski definition) is 3. The van der Waals surface area contributed by atoms with Crippen LogP contribution in [0.4, 0.5) is 4.39 Å². The lowest BCUT2D eigenvalue weighted by Crippen LogP contribution is -2.05. The number of rotatable bonds is 4. The molecular formula is C24H16FN9O. The SMILES string of the molecule is O=c1[nH]c2ccc(-n3nnc4c(F)cc(-c5ccnn5Cc5nc6ccccc6[nH]5)cc43)cc2[nH]1. The molecule has 7 rings (SSSR count). The van der Waals surface area contributed by atoms with E-state index in [1.807, 2.05) is 36.4 Å². The number of fused-ring (bicyclic) bond motifs is 3. The number of aromatic amines is 3. The first-order valence-corrected chi connectivity index (χ1v) is 10.9. The first kappa shape index (κ1) is 19.4. The highest BCUT2D eigenvalue weighted by Gasteiger charge is 2.17. The maximum atomic E-state index is 15.1. The summed E-state index contributed by atoms with van der Waals surface area (Å²) in [5.41, 5.74) is 5.45. The Balaban J connectivity index is 1.32. The van der Waals surface area contributed by atoms with Crippen molar-refractivity contribution in [3.63, 3.8) is 0 Å². The largest absolute Gasteiger partial charge is 0.340 e. The number of nitrogens with one attached hydrogen (secondary N) is 3.